The molecule has 4 bridgehead atoms. The Labute approximate surface area is 449 Å². The molecule has 6 fully saturated rings. The van der Waals surface area contributed by atoms with E-state index in [2.05, 4.69) is 30.0 Å². The van der Waals surface area contributed by atoms with Crippen LogP contribution in [0.1, 0.15) is 148 Å². The lowest BCUT2D eigenvalue weighted by atomic mass is 9.52. The maximum absolute atomic E-state index is 13.5. The number of carbonyl (C=O) groups is 3. The van der Waals surface area contributed by atoms with E-state index in [1.54, 1.807) is 67.0 Å². The molecule has 6 aliphatic rings. The molecule has 0 saturated heterocycles. The summed E-state index contributed by atoms with van der Waals surface area (Å²) in [4.78, 5) is 57.0. The minimum absolute atomic E-state index is 0.000528. The summed E-state index contributed by atoms with van der Waals surface area (Å²) in [5.74, 6) is 0.840. The molecule has 5 aromatic heterocycles. The third-order valence-corrected chi connectivity index (χ3v) is 19.8. The van der Waals surface area contributed by atoms with Crippen molar-refractivity contribution in [3.63, 3.8) is 0 Å². The molecule has 0 radical (unpaired) electrons. The van der Waals surface area contributed by atoms with Gasteiger partial charge in [-0.2, -0.15) is 0 Å². The minimum Gasteiger partial charge on any atom is -0.460 e. The Morgan fingerprint density at radius 1 is 0.623 bits per heavy atom. The first-order chi connectivity index (χ1) is 36.2. The molecular formula is C57H69N9O9S2. The van der Waals surface area contributed by atoms with Gasteiger partial charge >= 0.3 is 12.1 Å². The van der Waals surface area contributed by atoms with Crippen LogP contribution in [0.4, 0.5) is 4.79 Å². The van der Waals surface area contributed by atoms with Crippen molar-refractivity contribution in [2.75, 3.05) is 0 Å². The summed E-state index contributed by atoms with van der Waals surface area (Å²) >= 11 is 0. The largest absolute Gasteiger partial charge is 0.460 e. The number of ether oxygens (including phenoxy) is 2. The molecule has 0 unspecified atom stereocenters. The smallest absolute Gasteiger partial charge is 0.408 e. The Hall–Kier alpha value is -6.67. The van der Waals surface area contributed by atoms with Crippen molar-refractivity contribution in [2.45, 2.75) is 177 Å². The second kappa shape index (κ2) is 19.4. The lowest BCUT2D eigenvalue weighted by molar-refractivity contribution is -0.160. The number of aryl methyl sites for hydroxylation is 2. The van der Waals surface area contributed by atoms with Crippen LogP contribution in [0.3, 0.4) is 0 Å². The molecule has 13 rings (SSSR count). The van der Waals surface area contributed by atoms with Gasteiger partial charge in [-0.1, -0.05) is 35.4 Å². The maximum Gasteiger partial charge on any atom is 0.408 e. The van der Waals surface area contributed by atoms with Gasteiger partial charge in [-0.15, -0.1) is 0 Å². The maximum atomic E-state index is 13.5. The number of hydrogen-bond acceptors (Lipinski definition) is 13. The van der Waals surface area contributed by atoms with Gasteiger partial charge in [-0.25, -0.2) is 49.5 Å². The highest BCUT2D eigenvalue weighted by Gasteiger charge is 2.54. The number of hydrogen-bond donors (Lipinski definition) is 2. The Bertz CT molecular complexity index is 3610. The number of alkyl carbamates (subject to hydrolysis) is 1. The van der Waals surface area contributed by atoms with Gasteiger partial charge in [0, 0.05) is 28.8 Å². The molecule has 0 atom stereocenters. The fourth-order valence-corrected chi connectivity index (χ4v) is 14.7. The van der Waals surface area contributed by atoms with Crippen LogP contribution in [0.2, 0.25) is 0 Å². The Kier molecular flexibility index (Phi) is 13.5. The zero-order chi connectivity index (χ0) is 55.0. The van der Waals surface area contributed by atoms with Gasteiger partial charge in [0.25, 0.3) is 20.0 Å². The second-order valence-corrected chi connectivity index (χ2v) is 27.8. The fourth-order valence-electron chi connectivity index (χ4n) is 12.1. The molecular weight excluding hydrogens is 1020 g/mol. The molecule has 5 heterocycles. The van der Waals surface area contributed by atoms with E-state index in [-0.39, 0.29) is 50.2 Å². The molecule has 2 amide bonds. The van der Waals surface area contributed by atoms with Crippen LogP contribution in [0.5, 0.6) is 0 Å². The topological polar surface area (TPSA) is 228 Å². The van der Waals surface area contributed by atoms with Crippen LogP contribution in [-0.4, -0.2) is 83.8 Å². The predicted molar refractivity (Wildman–Crippen MR) is 290 cm³/mol. The third kappa shape index (κ3) is 10.5. The van der Waals surface area contributed by atoms with Crippen molar-refractivity contribution >= 4 is 65.9 Å². The normalized spacial score (nSPS) is 23.4. The number of imidazole rings is 1. The van der Waals surface area contributed by atoms with E-state index in [1.165, 1.54) is 16.4 Å². The van der Waals surface area contributed by atoms with Crippen molar-refractivity contribution < 1.29 is 40.7 Å². The summed E-state index contributed by atoms with van der Waals surface area (Å²) in [7, 11) is -7.61. The summed E-state index contributed by atoms with van der Waals surface area (Å²) in [6, 6.07) is 16.9. The van der Waals surface area contributed by atoms with Crippen LogP contribution >= 0.6 is 0 Å². The number of nitrogens with zero attached hydrogens (tertiary/aromatic N) is 7. The van der Waals surface area contributed by atoms with Crippen LogP contribution in [0.25, 0.3) is 27.8 Å². The molecule has 2 N–H and O–H groups in total. The number of nitrogens with one attached hydrogen (secondary N) is 2. The van der Waals surface area contributed by atoms with E-state index in [9.17, 15) is 31.2 Å². The van der Waals surface area contributed by atoms with Gasteiger partial charge < -0.3 is 20.1 Å². The summed E-state index contributed by atoms with van der Waals surface area (Å²) in [5, 5.41) is 6.10. The molecule has 2 aromatic carbocycles. The number of esters is 1. The molecule has 6 saturated carbocycles. The first kappa shape index (κ1) is 53.7. The van der Waals surface area contributed by atoms with Crippen LogP contribution < -0.4 is 10.6 Å². The van der Waals surface area contributed by atoms with E-state index in [0.29, 0.717) is 42.5 Å². The monoisotopic (exact) mass is 1090 g/mol. The van der Waals surface area contributed by atoms with Crippen molar-refractivity contribution in [2.24, 2.45) is 10.8 Å². The zero-order valence-electron chi connectivity index (χ0n) is 45.2. The lowest BCUT2D eigenvalue weighted by Crippen LogP contribution is -2.60. The third-order valence-electron chi connectivity index (χ3n) is 16.5. The van der Waals surface area contributed by atoms with E-state index >= 15 is 0 Å². The summed E-state index contributed by atoms with van der Waals surface area (Å²) in [6.45, 7) is 15.3. The molecule has 408 valence electrons. The number of fused-ring (bicyclic) bond motifs is 10. The first-order valence-corrected chi connectivity index (χ1v) is 29.4. The average molecular weight is 1090 g/mol. The zero-order valence-corrected chi connectivity index (χ0v) is 46.8. The molecule has 18 nitrogen and oxygen atoms in total. The Morgan fingerprint density at radius 3 is 1.70 bits per heavy atom. The highest BCUT2D eigenvalue weighted by molar-refractivity contribution is 7.90. The van der Waals surface area contributed by atoms with Gasteiger partial charge in [0.1, 0.15) is 22.5 Å². The van der Waals surface area contributed by atoms with Crippen molar-refractivity contribution in [3.05, 3.63) is 114 Å². The van der Waals surface area contributed by atoms with Gasteiger partial charge in [0.15, 0.2) is 11.3 Å². The Morgan fingerprint density at radius 2 is 1.14 bits per heavy atom. The number of benzene rings is 2. The molecule has 77 heavy (non-hydrogen) atoms. The van der Waals surface area contributed by atoms with Crippen molar-refractivity contribution in [1.29, 1.82) is 0 Å². The SMILES string of the molecule is Cc1ccc(S(=O)(=O)n2ccc3c2ncc2cnc(C45CCC(CC(=O)OC(C)(C)C)(CC4)CC5)n23)cc1.Cc1ccc(S(=O)(=O)n2ccc3nc(CNC(=O)C45CCC(NC(=O)OC(C)(C)C)(CC4)CC5)cnc32)cc1. The summed E-state index contributed by atoms with van der Waals surface area (Å²) in [5.41, 5.74) is 3.25. The van der Waals surface area contributed by atoms with Gasteiger partial charge in [-0.05, 0) is 174 Å². The fraction of sp³-hybridized carbons (Fsp3) is 0.491. The van der Waals surface area contributed by atoms with E-state index in [0.717, 1.165) is 89.7 Å². The van der Waals surface area contributed by atoms with Crippen LogP contribution in [0, 0.1) is 24.7 Å². The van der Waals surface area contributed by atoms with Crippen molar-refractivity contribution in [1.82, 2.24) is 42.9 Å². The summed E-state index contributed by atoms with van der Waals surface area (Å²) in [6.07, 6.45) is 18.1. The minimum atomic E-state index is -3.81. The van der Waals surface area contributed by atoms with E-state index in [4.69, 9.17) is 14.5 Å². The number of carbonyl (C=O) groups excluding carboxylic acids is 3. The molecule has 7 aromatic rings. The van der Waals surface area contributed by atoms with E-state index in [1.807, 2.05) is 67.7 Å². The highest BCUT2D eigenvalue weighted by Crippen LogP contribution is 2.59. The first-order valence-electron chi connectivity index (χ1n) is 26.6. The summed E-state index contributed by atoms with van der Waals surface area (Å²) < 4.78 is 68.8. The molecule has 6 aliphatic carbocycles. The number of aromatic nitrogens is 7. The quantitative estimate of drug-likeness (QED) is 0.115. The van der Waals surface area contributed by atoms with Crippen molar-refractivity contribution in [3.8, 4) is 0 Å². The lowest BCUT2D eigenvalue weighted by Gasteiger charge is -2.52. The molecule has 0 spiro atoms. The predicted octanol–water partition coefficient (Wildman–Crippen LogP) is 9.76. The van der Waals surface area contributed by atoms with Crippen LogP contribution in [-0.2, 0) is 51.1 Å². The Balaban J connectivity index is 0.000000175. The van der Waals surface area contributed by atoms with Gasteiger partial charge in [0.2, 0.25) is 5.91 Å². The molecule has 20 heteroatoms. The van der Waals surface area contributed by atoms with E-state index < -0.39 is 42.8 Å². The average Bonchev–Trinajstić information content (AvgIpc) is 4.24. The standard InChI is InChI=1S/C29H34N4O4S.C28H35N5O5S/c1-20-5-7-22(8-6-20)38(35,36)32-16-9-23-25(32)30-18-21-19-31-26(33(21)23)29-13-10-28(11-14-29,12-15-29)17-24(34)37-27(2,3)4;1-19-5-7-21(8-6-19)39(36,37)33-16-9-22-23(33)29-17-20(31-22)18-30-24(34)27-10-13-28(14-11-27,15-12-27)32-25(35)38-26(2,3)4/h5-9,16,18-19H,10-15,17H2,1-4H3;5-9,16-17H,10-15,18H2,1-4H3,(H,30,34)(H,32,35). The second-order valence-electron chi connectivity index (χ2n) is 24.2. The number of amides is 2. The van der Waals surface area contributed by atoms with Gasteiger partial charge in [0.05, 0.1) is 58.1 Å². The molecule has 0 aliphatic heterocycles. The number of rotatable bonds is 11. The van der Waals surface area contributed by atoms with Gasteiger partial charge in [-0.3, -0.25) is 14.0 Å². The van der Waals surface area contributed by atoms with Crippen LogP contribution in [0.15, 0.2) is 101 Å². The highest BCUT2D eigenvalue weighted by atomic mass is 32.2.